The Morgan fingerprint density at radius 1 is 1.26 bits per heavy atom. The summed E-state index contributed by atoms with van der Waals surface area (Å²) < 4.78 is 37.5. The first-order valence-corrected chi connectivity index (χ1v) is 10.5. The van der Waals surface area contributed by atoms with Crippen LogP contribution in [0, 0.1) is 15.2 Å². The molecular weight excluding hydrogens is 525 g/mol. The molecule has 0 aliphatic carbocycles. The molecule has 0 bridgehead atoms. The van der Waals surface area contributed by atoms with E-state index < -0.39 is 34.5 Å². The lowest BCUT2D eigenvalue weighted by Crippen LogP contribution is -2.34. The van der Waals surface area contributed by atoms with E-state index in [0.29, 0.717) is 3.57 Å². The van der Waals surface area contributed by atoms with E-state index in [2.05, 4.69) is 10.3 Å². The number of fused-ring (bicyclic) bond motifs is 1. The maximum Gasteiger partial charge on any atom is 0.290 e. The number of aryl methyl sites for hydroxylation is 1. The van der Waals surface area contributed by atoms with Crippen molar-refractivity contribution in [2.75, 3.05) is 11.9 Å². The largest absolute Gasteiger partial charge is 0.394 e. The van der Waals surface area contributed by atoms with E-state index in [1.807, 2.05) is 22.6 Å². The van der Waals surface area contributed by atoms with Gasteiger partial charge in [-0.2, -0.15) is 4.39 Å². The minimum absolute atomic E-state index is 0.0434. The number of benzene rings is 1. The lowest BCUT2D eigenvalue weighted by molar-refractivity contribution is -0.0319. The van der Waals surface area contributed by atoms with E-state index in [1.165, 1.54) is 25.5 Å². The fraction of sp³-hybridized carbons (Fsp3) is 0.350. The first-order valence-electron chi connectivity index (χ1n) is 9.40. The first kappa shape index (κ1) is 23.3. The van der Waals surface area contributed by atoms with Crippen LogP contribution in [0.15, 0.2) is 34.1 Å². The molecule has 0 spiro atoms. The van der Waals surface area contributed by atoms with E-state index in [1.54, 1.807) is 19.9 Å². The summed E-state index contributed by atoms with van der Waals surface area (Å²) in [5.74, 6) is -1.91. The fourth-order valence-electron chi connectivity index (χ4n) is 3.13. The van der Waals surface area contributed by atoms with E-state index >= 15 is 0 Å². The van der Waals surface area contributed by atoms with Crippen LogP contribution in [0.3, 0.4) is 0 Å². The van der Waals surface area contributed by atoms with Gasteiger partial charge in [0.15, 0.2) is 5.65 Å². The third kappa shape index (κ3) is 4.77. The number of aliphatic hydroxyl groups is 1. The van der Waals surface area contributed by atoms with Crippen LogP contribution in [0.5, 0.6) is 0 Å². The zero-order valence-corrected chi connectivity index (χ0v) is 19.2. The van der Waals surface area contributed by atoms with Gasteiger partial charge in [0, 0.05) is 10.6 Å². The number of rotatable bonds is 7. The Bertz CT molecular complexity index is 1240. The lowest BCUT2D eigenvalue weighted by atomic mass is 10.2. The van der Waals surface area contributed by atoms with Crippen LogP contribution in [0.1, 0.15) is 13.8 Å². The monoisotopic (exact) mass is 546 g/mol. The maximum absolute atomic E-state index is 14.9. The van der Waals surface area contributed by atoms with Crippen molar-refractivity contribution >= 4 is 45.0 Å². The first-order chi connectivity index (χ1) is 14.6. The third-order valence-electron chi connectivity index (χ3n) is 4.56. The number of hydrogen-bond acceptors (Lipinski definition) is 6. The van der Waals surface area contributed by atoms with Crippen LogP contribution < -0.4 is 16.4 Å². The average Bonchev–Trinajstić information content (AvgIpc) is 2.71. The SMILES string of the molecule is CC(C)O[C@@H](CO)Cn1cnc2c(c(Nc3ccc(I)cc3F)c(F)c(=O)n2C)c1=O. The second-order valence-corrected chi connectivity index (χ2v) is 8.44. The van der Waals surface area contributed by atoms with Crippen molar-refractivity contribution in [2.24, 2.45) is 7.05 Å². The van der Waals surface area contributed by atoms with Gasteiger partial charge in [-0.15, -0.1) is 0 Å². The Labute approximate surface area is 189 Å². The van der Waals surface area contributed by atoms with Gasteiger partial charge in [0.25, 0.3) is 11.1 Å². The number of nitrogens with zero attached hydrogens (tertiary/aromatic N) is 3. The zero-order chi connectivity index (χ0) is 22.9. The Balaban J connectivity index is 2.20. The number of aliphatic hydroxyl groups excluding tert-OH is 1. The molecule has 1 aromatic carbocycles. The molecule has 0 saturated heterocycles. The van der Waals surface area contributed by atoms with Crippen LogP contribution in [0.25, 0.3) is 11.0 Å². The van der Waals surface area contributed by atoms with Gasteiger partial charge in [-0.25, -0.2) is 9.37 Å². The van der Waals surface area contributed by atoms with Crippen LogP contribution in [-0.2, 0) is 18.3 Å². The Hall–Kier alpha value is -2.38. The van der Waals surface area contributed by atoms with Gasteiger partial charge in [0.1, 0.15) is 17.5 Å². The maximum atomic E-state index is 14.9. The molecule has 0 unspecified atom stereocenters. The summed E-state index contributed by atoms with van der Waals surface area (Å²) in [6.07, 6.45) is 0.309. The molecule has 8 nitrogen and oxygen atoms in total. The van der Waals surface area contributed by atoms with Crippen molar-refractivity contribution in [1.29, 1.82) is 0 Å². The second kappa shape index (κ2) is 9.40. The predicted molar refractivity (Wildman–Crippen MR) is 121 cm³/mol. The van der Waals surface area contributed by atoms with Crippen LogP contribution in [-0.4, -0.2) is 38.0 Å². The van der Waals surface area contributed by atoms with Crippen molar-refractivity contribution in [3.63, 3.8) is 0 Å². The molecule has 2 heterocycles. The number of hydrogen-bond donors (Lipinski definition) is 2. The number of halogens is 3. The molecule has 11 heteroatoms. The van der Waals surface area contributed by atoms with Gasteiger partial charge in [-0.05, 0) is 54.6 Å². The van der Waals surface area contributed by atoms with E-state index in [0.717, 1.165) is 9.13 Å². The van der Waals surface area contributed by atoms with Gasteiger partial charge in [0.05, 0.1) is 36.7 Å². The zero-order valence-electron chi connectivity index (χ0n) is 17.0. The summed E-state index contributed by atoms with van der Waals surface area (Å²) in [6, 6.07) is 4.21. The second-order valence-electron chi connectivity index (χ2n) is 7.19. The molecular formula is C20H21F2IN4O4. The number of aromatic nitrogens is 3. The van der Waals surface area contributed by atoms with E-state index in [-0.39, 0.29) is 36.0 Å². The molecule has 3 rings (SSSR count). The lowest BCUT2D eigenvalue weighted by Gasteiger charge is -2.20. The number of nitrogens with one attached hydrogen (secondary N) is 1. The Morgan fingerprint density at radius 2 is 1.97 bits per heavy atom. The quantitative estimate of drug-likeness (QED) is 0.443. The highest BCUT2D eigenvalue weighted by atomic mass is 127. The van der Waals surface area contributed by atoms with Crippen molar-refractivity contribution < 1.29 is 18.6 Å². The molecule has 0 amide bonds. The van der Waals surface area contributed by atoms with Crippen LogP contribution in [0.4, 0.5) is 20.2 Å². The topological polar surface area (TPSA) is 98.4 Å². The summed E-state index contributed by atoms with van der Waals surface area (Å²) in [6.45, 7) is 3.18. The summed E-state index contributed by atoms with van der Waals surface area (Å²) in [5, 5.41) is 11.9. The molecule has 1 atom stereocenters. The summed E-state index contributed by atoms with van der Waals surface area (Å²) >= 11 is 1.93. The number of ether oxygens (including phenoxy) is 1. The standard InChI is InChI=1S/C20H21F2IN4O4/c1-10(2)31-12(8-28)7-27-9-24-18-15(19(27)29)17(16(22)20(30)26(18)3)25-14-5-4-11(23)6-13(14)21/h4-6,9-10,12,25,28H,7-8H2,1-3H3/t12-/m1/s1. The Morgan fingerprint density at radius 3 is 2.58 bits per heavy atom. The summed E-state index contributed by atoms with van der Waals surface area (Å²) in [4.78, 5) is 29.7. The van der Waals surface area contributed by atoms with Crippen LogP contribution in [0.2, 0.25) is 0 Å². The highest BCUT2D eigenvalue weighted by Crippen LogP contribution is 2.26. The molecule has 0 aliphatic rings. The molecule has 166 valence electrons. The molecule has 2 N–H and O–H groups in total. The van der Waals surface area contributed by atoms with Crippen molar-refractivity contribution in [2.45, 2.75) is 32.6 Å². The van der Waals surface area contributed by atoms with Crippen molar-refractivity contribution in [3.8, 4) is 0 Å². The van der Waals surface area contributed by atoms with Crippen molar-refractivity contribution in [1.82, 2.24) is 14.1 Å². The van der Waals surface area contributed by atoms with Gasteiger partial charge >= 0.3 is 0 Å². The molecule has 0 radical (unpaired) electrons. The minimum atomic E-state index is -1.23. The van der Waals surface area contributed by atoms with Gasteiger partial charge < -0.3 is 15.2 Å². The minimum Gasteiger partial charge on any atom is -0.394 e. The van der Waals surface area contributed by atoms with Crippen molar-refractivity contribution in [3.05, 3.63) is 60.4 Å². The van der Waals surface area contributed by atoms with E-state index in [4.69, 9.17) is 4.74 Å². The summed E-state index contributed by atoms with van der Waals surface area (Å²) in [7, 11) is 1.29. The van der Waals surface area contributed by atoms with Crippen LogP contribution >= 0.6 is 22.6 Å². The molecule has 0 aliphatic heterocycles. The highest BCUT2D eigenvalue weighted by molar-refractivity contribution is 14.1. The molecule has 3 aromatic rings. The fourth-order valence-corrected chi connectivity index (χ4v) is 3.59. The number of pyridine rings is 1. The average molecular weight is 546 g/mol. The predicted octanol–water partition coefficient (Wildman–Crippen LogP) is 2.51. The van der Waals surface area contributed by atoms with Gasteiger partial charge in [0.2, 0.25) is 5.82 Å². The third-order valence-corrected chi connectivity index (χ3v) is 5.23. The Kier molecular flexibility index (Phi) is 7.06. The summed E-state index contributed by atoms with van der Waals surface area (Å²) in [5.41, 5.74) is -2.30. The normalized spacial score (nSPS) is 12.5. The smallest absolute Gasteiger partial charge is 0.290 e. The molecule has 0 fully saturated rings. The molecule has 0 saturated carbocycles. The van der Waals surface area contributed by atoms with Gasteiger partial charge in [-0.3, -0.25) is 18.7 Å². The molecule has 2 aromatic heterocycles. The highest BCUT2D eigenvalue weighted by Gasteiger charge is 2.22. The van der Waals surface area contributed by atoms with Gasteiger partial charge in [-0.1, -0.05) is 0 Å². The number of anilines is 2. The van der Waals surface area contributed by atoms with E-state index in [9.17, 15) is 23.5 Å². The molecule has 31 heavy (non-hydrogen) atoms.